The number of hydrogen-bond acceptors (Lipinski definition) is 6. The topological polar surface area (TPSA) is 73.1 Å². The molecule has 108 valence electrons. The van der Waals surface area contributed by atoms with Gasteiger partial charge in [-0.15, -0.1) is 5.10 Å². The Kier molecular flexibility index (Phi) is 4.61. The highest BCUT2D eigenvalue weighted by Crippen LogP contribution is 2.20. The SMILES string of the molecule is CC(C)(C)OCCSc1nnnn1-c1ccc(O)cc1. The highest BCUT2D eigenvalue weighted by molar-refractivity contribution is 7.99. The molecule has 1 heterocycles. The summed E-state index contributed by atoms with van der Waals surface area (Å²) in [6.07, 6.45) is 0. The van der Waals surface area contributed by atoms with Gasteiger partial charge in [0.25, 0.3) is 0 Å². The van der Waals surface area contributed by atoms with Crippen LogP contribution in [-0.4, -0.2) is 43.3 Å². The minimum atomic E-state index is -0.135. The van der Waals surface area contributed by atoms with Gasteiger partial charge in [0, 0.05) is 5.75 Å². The van der Waals surface area contributed by atoms with E-state index in [1.807, 2.05) is 20.8 Å². The average molecular weight is 294 g/mol. The van der Waals surface area contributed by atoms with E-state index in [0.717, 1.165) is 11.4 Å². The maximum absolute atomic E-state index is 9.29. The predicted molar refractivity (Wildman–Crippen MR) is 77.2 cm³/mol. The summed E-state index contributed by atoms with van der Waals surface area (Å²) in [5.41, 5.74) is 0.677. The van der Waals surface area contributed by atoms with E-state index in [9.17, 15) is 5.11 Å². The van der Waals surface area contributed by atoms with Crippen molar-refractivity contribution in [3.63, 3.8) is 0 Å². The molecule has 0 amide bonds. The van der Waals surface area contributed by atoms with Gasteiger partial charge in [0.15, 0.2) is 0 Å². The zero-order chi connectivity index (χ0) is 14.6. The van der Waals surface area contributed by atoms with Crippen molar-refractivity contribution in [1.82, 2.24) is 20.2 Å². The predicted octanol–water partition coefficient (Wildman–Crippen LogP) is 2.28. The maximum atomic E-state index is 9.29. The van der Waals surface area contributed by atoms with Gasteiger partial charge in [0.05, 0.1) is 17.9 Å². The molecule has 0 bridgehead atoms. The molecular weight excluding hydrogens is 276 g/mol. The molecule has 6 nitrogen and oxygen atoms in total. The van der Waals surface area contributed by atoms with Gasteiger partial charge < -0.3 is 9.84 Å². The van der Waals surface area contributed by atoms with Crippen molar-refractivity contribution in [2.75, 3.05) is 12.4 Å². The molecule has 1 aromatic heterocycles. The maximum Gasteiger partial charge on any atom is 0.214 e. The molecule has 7 heteroatoms. The van der Waals surface area contributed by atoms with Gasteiger partial charge in [0.1, 0.15) is 5.75 Å². The molecule has 0 aliphatic heterocycles. The van der Waals surface area contributed by atoms with Gasteiger partial charge >= 0.3 is 0 Å². The van der Waals surface area contributed by atoms with Crippen LogP contribution in [0.2, 0.25) is 0 Å². The van der Waals surface area contributed by atoms with E-state index in [-0.39, 0.29) is 11.4 Å². The molecule has 2 aromatic rings. The summed E-state index contributed by atoms with van der Waals surface area (Å²) in [7, 11) is 0. The van der Waals surface area contributed by atoms with Crippen molar-refractivity contribution in [2.24, 2.45) is 0 Å². The van der Waals surface area contributed by atoms with Gasteiger partial charge in [0.2, 0.25) is 5.16 Å². The van der Waals surface area contributed by atoms with Crippen LogP contribution in [0.15, 0.2) is 29.4 Å². The van der Waals surface area contributed by atoms with E-state index in [0.29, 0.717) is 11.8 Å². The summed E-state index contributed by atoms with van der Waals surface area (Å²) in [6, 6.07) is 6.74. The van der Waals surface area contributed by atoms with E-state index in [2.05, 4.69) is 15.5 Å². The largest absolute Gasteiger partial charge is 0.508 e. The summed E-state index contributed by atoms with van der Waals surface area (Å²) in [6.45, 7) is 6.71. The molecule has 0 saturated carbocycles. The van der Waals surface area contributed by atoms with Crippen LogP contribution in [0.3, 0.4) is 0 Å². The minimum Gasteiger partial charge on any atom is -0.508 e. The third kappa shape index (κ3) is 4.21. The Morgan fingerprint density at radius 3 is 2.60 bits per heavy atom. The fraction of sp³-hybridized carbons (Fsp3) is 0.462. The Morgan fingerprint density at radius 1 is 1.25 bits per heavy atom. The molecule has 0 saturated heterocycles. The number of aromatic nitrogens is 4. The first-order valence-electron chi connectivity index (χ1n) is 6.30. The molecule has 0 aliphatic carbocycles. The van der Waals surface area contributed by atoms with Crippen LogP contribution in [0.4, 0.5) is 0 Å². The standard InChI is InChI=1S/C13H18N4O2S/c1-13(2,3)19-8-9-20-12-14-15-16-17(12)10-4-6-11(18)7-5-10/h4-7,18H,8-9H2,1-3H3. The molecule has 1 N–H and O–H groups in total. The second kappa shape index (κ2) is 6.23. The van der Waals surface area contributed by atoms with Crippen molar-refractivity contribution in [1.29, 1.82) is 0 Å². The monoisotopic (exact) mass is 294 g/mol. The molecule has 0 radical (unpaired) electrons. The Bertz CT molecular complexity index is 548. The number of nitrogens with zero attached hydrogens (tertiary/aromatic N) is 4. The van der Waals surface area contributed by atoms with Crippen molar-refractivity contribution in [3.05, 3.63) is 24.3 Å². The third-order valence-electron chi connectivity index (χ3n) is 2.38. The van der Waals surface area contributed by atoms with Crippen LogP contribution in [0, 0.1) is 0 Å². The fourth-order valence-corrected chi connectivity index (χ4v) is 2.21. The number of hydrogen-bond donors (Lipinski definition) is 1. The highest BCUT2D eigenvalue weighted by Gasteiger charge is 2.12. The molecule has 20 heavy (non-hydrogen) atoms. The van der Waals surface area contributed by atoms with Crippen LogP contribution in [0.25, 0.3) is 5.69 Å². The molecule has 1 aromatic carbocycles. The lowest BCUT2D eigenvalue weighted by molar-refractivity contribution is 0.00693. The molecule has 0 atom stereocenters. The normalized spacial score (nSPS) is 11.8. The first-order valence-corrected chi connectivity index (χ1v) is 7.29. The second-order valence-corrected chi connectivity index (χ2v) is 6.26. The highest BCUT2D eigenvalue weighted by atomic mass is 32.2. The first-order chi connectivity index (χ1) is 9.46. The zero-order valence-corrected chi connectivity index (χ0v) is 12.6. The lowest BCUT2D eigenvalue weighted by Gasteiger charge is -2.18. The van der Waals surface area contributed by atoms with Crippen LogP contribution in [0.5, 0.6) is 5.75 Å². The van der Waals surface area contributed by atoms with Crippen molar-refractivity contribution in [3.8, 4) is 11.4 Å². The number of aromatic hydroxyl groups is 1. The Labute approximate surface area is 122 Å². The van der Waals surface area contributed by atoms with Gasteiger partial charge in [-0.25, -0.2) is 0 Å². The molecule has 0 aliphatic rings. The van der Waals surface area contributed by atoms with Gasteiger partial charge in [-0.2, -0.15) is 4.68 Å². The Morgan fingerprint density at radius 2 is 1.95 bits per heavy atom. The summed E-state index contributed by atoms with van der Waals surface area (Å²) >= 11 is 1.53. The van der Waals surface area contributed by atoms with Gasteiger partial charge in [-0.05, 0) is 55.5 Å². The van der Waals surface area contributed by atoms with E-state index < -0.39 is 0 Å². The van der Waals surface area contributed by atoms with Crippen LogP contribution in [-0.2, 0) is 4.74 Å². The smallest absolute Gasteiger partial charge is 0.214 e. The summed E-state index contributed by atoms with van der Waals surface area (Å²) in [5.74, 6) is 0.991. The van der Waals surface area contributed by atoms with E-state index in [1.165, 1.54) is 11.8 Å². The zero-order valence-electron chi connectivity index (χ0n) is 11.8. The molecule has 0 fully saturated rings. The van der Waals surface area contributed by atoms with Crippen molar-refractivity contribution < 1.29 is 9.84 Å². The van der Waals surface area contributed by atoms with E-state index in [4.69, 9.17) is 4.74 Å². The summed E-state index contributed by atoms with van der Waals surface area (Å²) < 4.78 is 7.30. The lowest BCUT2D eigenvalue weighted by atomic mass is 10.2. The van der Waals surface area contributed by atoms with Crippen molar-refractivity contribution >= 4 is 11.8 Å². The number of phenols is 1. The lowest BCUT2D eigenvalue weighted by Crippen LogP contribution is -2.20. The first kappa shape index (κ1) is 14.8. The van der Waals surface area contributed by atoms with Gasteiger partial charge in [-0.1, -0.05) is 11.8 Å². The number of rotatable bonds is 5. The molecular formula is C13H18N4O2S. The third-order valence-corrected chi connectivity index (χ3v) is 3.27. The Hall–Kier alpha value is -1.60. The summed E-state index contributed by atoms with van der Waals surface area (Å²) in [4.78, 5) is 0. The van der Waals surface area contributed by atoms with Crippen LogP contribution >= 0.6 is 11.8 Å². The fourth-order valence-electron chi connectivity index (χ4n) is 1.51. The van der Waals surface area contributed by atoms with Crippen LogP contribution < -0.4 is 0 Å². The van der Waals surface area contributed by atoms with Gasteiger partial charge in [-0.3, -0.25) is 0 Å². The number of ether oxygens (including phenoxy) is 1. The quantitative estimate of drug-likeness (QED) is 0.673. The number of thioether (sulfide) groups is 1. The molecule has 2 rings (SSSR count). The average Bonchev–Trinajstić information content (AvgIpc) is 2.83. The van der Waals surface area contributed by atoms with Crippen LogP contribution in [0.1, 0.15) is 20.8 Å². The number of phenolic OH excluding ortho intramolecular Hbond substituents is 1. The number of tetrazole rings is 1. The minimum absolute atomic E-state index is 0.135. The summed E-state index contributed by atoms with van der Waals surface area (Å²) in [5, 5.41) is 21.6. The Balaban J connectivity index is 1.97. The van der Waals surface area contributed by atoms with E-state index >= 15 is 0 Å². The number of benzene rings is 1. The van der Waals surface area contributed by atoms with E-state index in [1.54, 1.807) is 28.9 Å². The molecule has 0 spiro atoms. The second-order valence-electron chi connectivity index (χ2n) is 5.20. The molecule has 0 unspecified atom stereocenters. The van der Waals surface area contributed by atoms with Crippen molar-refractivity contribution in [2.45, 2.75) is 31.5 Å².